The van der Waals surface area contributed by atoms with E-state index in [0.717, 1.165) is 23.1 Å². The molecule has 1 aromatic heterocycles. The lowest BCUT2D eigenvalue weighted by atomic mass is 9.87. The fraction of sp³-hybridized carbons (Fsp3) is 0.444. The molecule has 23 heavy (non-hydrogen) atoms. The van der Waals surface area contributed by atoms with Gasteiger partial charge >= 0.3 is 5.69 Å². The van der Waals surface area contributed by atoms with E-state index < -0.39 is 0 Å². The predicted octanol–water partition coefficient (Wildman–Crippen LogP) is 1.59. The second-order valence-corrected chi connectivity index (χ2v) is 6.40. The summed E-state index contributed by atoms with van der Waals surface area (Å²) in [6.45, 7) is 0.584. The summed E-state index contributed by atoms with van der Waals surface area (Å²) in [5, 5.41) is 0. The highest BCUT2D eigenvalue weighted by atomic mass is 16.2. The van der Waals surface area contributed by atoms with Crippen molar-refractivity contribution in [1.29, 1.82) is 0 Å². The van der Waals surface area contributed by atoms with Gasteiger partial charge in [0.15, 0.2) is 0 Å². The van der Waals surface area contributed by atoms with E-state index in [1.807, 2.05) is 0 Å². The van der Waals surface area contributed by atoms with E-state index >= 15 is 0 Å². The van der Waals surface area contributed by atoms with Gasteiger partial charge in [-0.1, -0.05) is 24.3 Å². The number of aryl methyl sites for hydroxylation is 1. The number of benzene rings is 1. The second kappa shape index (κ2) is 6.16. The van der Waals surface area contributed by atoms with Crippen LogP contribution in [-0.2, 0) is 27.1 Å². The highest BCUT2D eigenvalue weighted by molar-refractivity contribution is 5.32. The molecule has 0 aliphatic heterocycles. The molecule has 1 aliphatic carbocycles. The SMILES string of the molecule is CN(Cc1cc(=O)n(C)c(=O)n1C)C1CCCc2ccccc21. The lowest BCUT2D eigenvalue weighted by molar-refractivity contribution is 0.208. The van der Waals surface area contributed by atoms with Crippen LogP contribution in [-0.4, -0.2) is 21.1 Å². The quantitative estimate of drug-likeness (QED) is 0.864. The number of hydrogen-bond acceptors (Lipinski definition) is 3. The van der Waals surface area contributed by atoms with Crippen molar-refractivity contribution >= 4 is 0 Å². The van der Waals surface area contributed by atoms with Crippen molar-refractivity contribution in [2.24, 2.45) is 14.1 Å². The van der Waals surface area contributed by atoms with Crippen LogP contribution in [0.15, 0.2) is 39.9 Å². The molecule has 2 aromatic rings. The Bertz CT molecular complexity index is 835. The molecule has 1 atom stereocenters. The standard InChI is InChI=1S/C18H23N3O2/c1-19(12-14-11-17(22)21(3)18(23)20(14)2)16-10-6-8-13-7-4-5-9-15(13)16/h4-5,7,9,11,16H,6,8,10,12H2,1-3H3. The molecule has 0 bridgehead atoms. The summed E-state index contributed by atoms with van der Waals surface area (Å²) in [5.74, 6) is 0. The Balaban J connectivity index is 1.91. The molecule has 1 aromatic carbocycles. The zero-order valence-corrected chi connectivity index (χ0v) is 14.0. The minimum atomic E-state index is -0.273. The van der Waals surface area contributed by atoms with Gasteiger partial charge in [-0.05, 0) is 37.4 Å². The van der Waals surface area contributed by atoms with Gasteiger partial charge in [0.2, 0.25) is 0 Å². The Morgan fingerprint density at radius 2 is 1.91 bits per heavy atom. The minimum Gasteiger partial charge on any atom is -0.299 e. The molecule has 1 unspecified atom stereocenters. The topological polar surface area (TPSA) is 47.2 Å². The van der Waals surface area contributed by atoms with Crippen LogP contribution in [0.5, 0.6) is 0 Å². The van der Waals surface area contributed by atoms with Crippen molar-refractivity contribution in [3.8, 4) is 0 Å². The average Bonchev–Trinajstić information content (AvgIpc) is 2.57. The van der Waals surface area contributed by atoms with E-state index in [2.05, 4.69) is 36.2 Å². The Hall–Kier alpha value is -2.14. The maximum absolute atomic E-state index is 12.1. The Morgan fingerprint density at radius 3 is 2.70 bits per heavy atom. The van der Waals surface area contributed by atoms with Crippen molar-refractivity contribution < 1.29 is 0 Å². The largest absolute Gasteiger partial charge is 0.330 e. The van der Waals surface area contributed by atoms with E-state index in [1.165, 1.54) is 24.6 Å². The first-order valence-electron chi connectivity index (χ1n) is 8.03. The lowest BCUT2D eigenvalue weighted by Gasteiger charge is -2.33. The van der Waals surface area contributed by atoms with Crippen LogP contribution in [0.2, 0.25) is 0 Å². The highest BCUT2D eigenvalue weighted by Gasteiger charge is 2.24. The summed E-state index contributed by atoms with van der Waals surface area (Å²) in [5.41, 5.74) is 3.01. The van der Waals surface area contributed by atoms with Crippen LogP contribution < -0.4 is 11.2 Å². The fourth-order valence-electron chi connectivity index (χ4n) is 3.48. The molecule has 0 spiro atoms. The number of aromatic nitrogens is 2. The fourth-order valence-corrected chi connectivity index (χ4v) is 3.48. The summed E-state index contributed by atoms with van der Waals surface area (Å²) in [6, 6.07) is 10.5. The first kappa shape index (κ1) is 15.7. The Morgan fingerprint density at radius 1 is 1.17 bits per heavy atom. The monoisotopic (exact) mass is 313 g/mol. The van der Waals surface area contributed by atoms with E-state index in [9.17, 15) is 9.59 Å². The van der Waals surface area contributed by atoms with Crippen LogP contribution in [0.3, 0.4) is 0 Å². The van der Waals surface area contributed by atoms with Crippen LogP contribution >= 0.6 is 0 Å². The van der Waals surface area contributed by atoms with Crippen LogP contribution in [0, 0.1) is 0 Å². The van der Waals surface area contributed by atoms with Gasteiger partial charge in [-0.25, -0.2) is 4.79 Å². The molecule has 5 heteroatoms. The second-order valence-electron chi connectivity index (χ2n) is 6.40. The number of hydrogen-bond donors (Lipinski definition) is 0. The third-order valence-electron chi connectivity index (χ3n) is 4.91. The molecule has 0 radical (unpaired) electrons. The molecule has 122 valence electrons. The third kappa shape index (κ3) is 2.88. The third-order valence-corrected chi connectivity index (χ3v) is 4.91. The van der Waals surface area contributed by atoms with Gasteiger partial charge in [0.05, 0.1) is 0 Å². The first-order chi connectivity index (χ1) is 11.0. The van der Waals surface area contributed by atoms with E-state index in [1.54, 1.807) is 17.7 Å². The van der Waals surface area contributed by atoms with Crippen LogP contribution in [0.4, 0.5) is 0 Å². The minimum absolute atomic E-state index is 0.249. The van der Waals surface area contributed by atoms with Crippen molar-refractivity contribution in [2.75, 3.05) is 7.05 Å². The van der Waals surface area contributed by atoms with E-state index in [0.29, 0.717) is 12.6 Å². The molecular formula is C18H23N3O2. The van der Waals surface area contributed by atoms with Gasteiger partial charge in [-0.2, -0.15) is 0 Å². The highest BCUT2D eigenvalue weighted by Crippen LogP contribution is 2.33. The summed E-state index contributed by atoms with van der Waals surface area (Å²) in [6.07, 6.45) is 3.40. The van der Waals surface area contributed by atoms with Gasteiger partial charge in [0.1, 0.15) is 0 Å². The average molecular weight is 313 g/mol. The van der Waals surface area contributed by atoms with Crippen molar-refractivity contribution in [3.63, 3.8) is 0 Å². The molecule has 0 N–H and O–H groups in total. The lowest BCUT2D eigenvalue weighted by Crippen LogP contribution is -2.39. The molecule has 5 nitrogen and oxygen atoms in total. The van der Waals surface area contributed by atoms with Crippen LogP contribution in [0.25, 0.3) is 0 Å². The van der Waals surface area contributed by atoms with Gasteiger partial charge in [-0.3, -0.25) is 18.8 Å². The molecule has 0 fully saturated rings. The number of rotatable bonds is 3. The molecular weight excluding hydrogens is 290 g/mol. The van der Waals surface area contributed by atoms with Crippen molar-refractivity contribution in [3.05, 3.63) is 68.0 Å². The summed E-state index contributed by atoms with van der Waals surface area (Å²) in [7, 11) is 5.30. The zero-order valence-electron chi connectivity index (χ0n) is 14.0. The van der Waals surface area contributed by atoms with Gasteiger partial charge < -0.3 is 0 Å². The summed E-state index contributed by atoms with van der Waals surface area (Å²) >= 11 is 0. The first-order valence-corrected chi connectivity index (χ1v) is 8.03. The number of fused-ring (bicyclic) bond motifs is 1. The molecule has 0 amide bonds. The summed E-state index contributed by atoms with van der Waals surface area (Å²) in [4.78, 5) is 26.2. The number of nitrogens with zero attached hydrogens (tertiary/aromatic N) is 3. The molecule has 0 saturated heterocycles. The zero-order chi connectivity index (χ0) is 16.6. The maximum Gasteiger partial charge on any atom is 0.330 e. The van der Waals surface area contributed by atoms with Crippen molar-refractivity contribution in [2.45, 2.75) is 31.8 Å². The van der Waals surface area contributed by atoms with E-state index in [4.69, 9.17) is 0 Å². The Kier molecular flexibility index (Phi) is 4.22. The van der Waals surface area contributed by atoms with E-state index in [-0.39, 0.29) is 11.2 Å². The van der Waals surface area contributed by atoms with Gasteiger partial charge in [0.25, 0.3) is 5.56 Å². The normalized spacial score (nSPS) is 17.3. The summed E-state index contributed by atoms with van der Waals surface area (Å²) < 4.78 is 2.70. The molecule has 3 rings (SSSR count). The van der Waals surface area contributed by atoms with Gasteiger partial charge in [0, 0.05) is 38.4 Å². The maximum atomic E-state index is 12.1. The Labute approximate surface area is 135 Å². The molecule has 1 heterocycles. The van der Waals surface area contributed by atoms with Gasteiger partial charge in [-0.15, -0.1) is 0 Å². The molecule has 0 saturated carbocycles. The smallest absolute Gasteiger partial charge is 0.299 e. The van der Waals surface area contributed by atoms with Crippen molar-refractivity contribution in [1.82, 2.24) is 14.0 Å². The predicted molar refractivity (Wildman–Crippen MR) is 90.5 cm³/mol. The van der Waals surface area contributed by atoms with Crippen LogP contribution in [0.1, 0.15) is 35.7 Å². The molecule has 1 aliphatic rings.